The molecule has 0 unspecified atom stereocenters. The van der Waals surface area contributed by atoms with Crippen LogP contribution in [0.25, 0.3) is 11.4 Å². The number of H-pyrrole nitrogens is 1. The molecule has 1 aromatic carbocycles. The van der Waals surface area contributed by atoms with Crippen LogP contribution >= 0.6 is 12.2 Å². The monoisotopic (exact) mass is 223 g/mol. The van der Waals surface area contributed by atoms with E-state index in [9.17, 15) is 10.1 Å². The Bertz CT molecular complexity index is 560. The van der Waals surface area contributed by atoms with Crippen LogP contribution in [-0.4, -0.2) is 15.1 Å². The van der Waals surface area contributed by atoms with E-state index in [-0.39, 0.29) is 10.5 Å². The van der Waals surface area contributed by atoms with E-state index in [1.807, 2.05) is 0 Å². The van der Waals surface area contributed by atoms with E-state index in [2.05, 4.69) is 22.4 Å². The van der Waals surface area contributed by atoms with Gasteiger partial charge in [-0.1, -0.05) is 12.1 Å². The molecule has 1 aromatic heterocycles. The minimum absolute atomic E-state index is 0.00480. The molecular weight excluding hydrogens is 218 g/mol. The van der Waals surface area contributed by atoms with Crippen molar-refractivity contribution in [1.82, 2.24) is 10.1 Å². The number of nitro benzene ring substituents is 1. The van der Waals surface area contributed by atoms with Crippen LogP contribution in [0.4, 0.5) is 5.69 Å². The van der Waals surface area contributed by atoms with Gasteiger partial charge in [0.1, 0.15) is 0 Å². The summed E-state index contributed by atoms with van der Waals surface area (Å²) >= 11 is 4.67. The minimum atomic E-state index is -0.474. The number of nitro groups is 1. The number of non-ortho nitro benzene ring substituents is 1. The quantitative estimate of drug-likeness (QED) is 0.479. The fraction of sp³-hybridized carbons (Fsp3) is 0. The highest BCUT2D eigenvalue weighted by Crippen LogP contribution is 2.20. The summed E-state index contributed by atoms with van der Waals surface area (Å²) in [5.41, 5.74) is 0.555. The van der Waals surface area contributed by atoms with Crippen molar-refractivity contribution in [2.24, 2.45) is 0 Å². The van der Waals surface area contributed by atoms with Gasteiger partial charge in [-0.05, 0) is 12.2 Å². The van der Waals surface area contributed by atoms with Gasteiger partial charge in [0.2, 0.25) is 0 Å². The summed E-state index contributed by atoms with van der Waals surface area (Å²) in [4.78, 5) is 14.0. The summed E-state index contributed by atoms with van der Waals surface area (Å²) in [7, 11) is 0. The van der Waals surface area contributed by atoms with Gasteiger partial charge < -0.3 is 4.52 Å². The zero-order chi connectivity index (χ0) is 10.8. The van der Waals surface area contributed by atoms with Gasteiger partial charge in [-0.3, -0.25) is 10.1 Å². The van der Waals surface area contributed by atoms with Crippen molar-refractivity contribution in [2.45, 2.75) is 0 Å². The first-order chi connectivity index (χ1) is 7.16. The highest BCUT2D eigenvalue weighted by atomic mass is 32.1. The predicted molar refractivity (Wildman–Crippen MR) is 53.8 cm³/mol. The van der Waals surface area contributed by atoms with Gasteiger partial charge in [0.05, 0.1) is 4.92 Å². The van der Waals surface area contributed by atoms with Gasteiger partial charge in [-0.15, -0.1) is 0 Å². The molecule has 15 heavy (non-hydrogen) atoms. The van der Waals surface area contributed by atoms with E-state index >= 15 is 0 Å². The van der Waals surface area contributed by atoms with Crippen molar-refractivity contribution in [3.63, 3.8) is 0 Å². The normalized spacial score (nSPS) is 10.1. The number of hydrogen-bond donors (Lipinski definition) is 1. The number of aromatic amines is 1. The smallest absolute Gasteiger partial charge is 0.314 e. The SMILES string of the molecule is O=[N+]([O-])c1cccc(-c2nc(=S)o[nH]2)c1. The lowest BCUT2D eigenvalue weighted by Crippen LogP contribution is -1.88. The maximum atomic E-state index is 10.5. The first kappa shape index (κ1) is 9.53. The Morgan fingerprint density at radius 1 is 1.53 bits per heavy atom. The van der Waals surface area contributed by atoms with E-state index in [1.165, 1.54) is 12.1 Å². The second-order valence-corrected chi connectivity index (χ2v) is 3.09. The predicted octanol–water partition coefficient (Wildman–Crippen LogP) is 2.31. The van der Waals surface area contributed by atoms with Crippen molar-refractivity contribution in [1.29, 1.82) is 0 Å². The van der Waals surface area contributed by atoms with E-state index in [1.54, 1.807) is 12.1 Å². The van der Waals surface area contributed by atoms with Crippen molar-refractivity contribution in [3.8, 4) is 11.4 Å². The Morgan fingerprint density at radius 3 is 2.93 bits per heavy atom. The third-order valence-electron chi connectivity index (χ3n) is 1.77. The van der Waals surface area contributed by atoms with Crippen LogP contribution in [0, 0.1) is 15.0 Å². The summed E-state index contributed by atoms with van der Waals surface area (Å²) in [5.74, 6) is 0.378. The lowest BCUT2D eigenvalue weighted by atomic mass is 10.2. The molecule has 2 rings (SSSR count). The zero-order valence-corrected chi connectivity index (χ0v) is 8.15. The number of rotatable bonds is 2. The highest BCUT2D eigenvalue weighted by Gasteiger charge is 2.09. The summed E-state index contributed by atoms with van der Waals surface area (Å²) in [6.45, 7) is 0. The molecule has 0 aliphatic carbocycles. The molecule has 76 valence electrons. The van der Waals surface area contributed by atoms with Crippen molar-refractivity contribution < 1.29 is 9.45 Å². The van der Waals surface area contributed by atoms with Gasteiger partial charge in [0, 0.05) is 17.7 Å². The van der Waals surface area contributed by atoms with Crippen LogP contribution in [-0.2, 0) is 0 Å². The molecule has 1 heterocycles. The fourth-order valence-corrected chi connectivity index (χ4v) is 1.25. The van der Waals surface area contributed by atoms with Crippen LogP contribution in [0.5, 0.6) is 0 Å². The fourth-order valence-electron chi connectivity index (χ4n) is 1.12. The Kier molecular flexibility index (Phi) is 2.30. The number of aromatic nitrogens is 2. The molecule has 2 aromatic rings. The van der Waals surface area contributed by atoms with Gasteiger partial charge >= 0.3 is 4.84 Å². The lowest BCUT2D eigenvalue weighted by molar-refractivity contribution is -0.384. The molecule has 0 radical (unpaired) electrons. The Labute approximate surface area is 88.7 Å². The zero-order valence-electron chi connectivity index (χ0n) is 7.34. The maximum Gasteiger partial charge on any atom is 0.314 e. The molecule has 0 fully saturated rings. The minimum Gasteiger partial charge on any atom is -0.348 e. The Hall–Kier alpha value is -2.02. The van der Waals surface area contributed by atoms with Crippen LogP contribution in [0.3, 0.4) is 0 Å². The molecule has 0 saturated carbocycles. The van der Waals surface area contributed by atoms with Crippen molar-refractivity contribution in [2.75, 3.05) is 0 Å². The molecular formula is C8H5N3O3S. The van der Waals surface area contributed by atoms with E-state index < -0.39 is 4.92 Å². The molecule has 1 N–H and O–H groups in total. The first-order valence-electron chi connectivity index (χ1n) is 3.97. The van der Waals surface area contributed by atoms with Gasteiger partial charge in [0.25, 0.3) is 5.69 Å². The van der Waals surface area contributed by atoms with Crippen LogP contribution < -0.4 is 0 Å². The third kappa shape index (κ3) is 1.91. The molecule has 0 amide bonds. The standard InChI is InChI=1S/C8H5N3O3S/c12-11(13)6-3-1-2-5(4-6)7-9-8(15)14-10-7/h1-4H,(H,9,10,15). The summed E-state index contributed by atoms with van der Waals surface area (Å²) < 4.78 is 4.73. The molecule has 0 saturated heterocycles. The summed E-state index contributed by atoms with van der Waals surface area (Å²) in [5, 5.41) is 13.0. The average molecular weight is 223 g/mol. The maximum absolute atomic E-state index is 10.5. The number of nitrogens with one attached hydrogen (secondary N) is 1. The van der Waals surface area contributed by atoms with Crippen LogP contribution in [0.1, 0.15) is 0 Å². The third-order valence-corrected chi connectivity index (χ3v) is 1.94. The average Bonchev–Trinajstić information content (AvgIpc) is 2.65. The molecule has 0 spiro atoms. The Balaban J connectivity index is 2.49. The number of nitrogens with zero attached hydrogens (tertiary/aromatic N) is 2. The van der Waals surface area contributed by atoms with Gasteiger partial charge in [0.15, 0.2) is 5.82 Å². The van der Waals surface area contributed by atoms with Crippen molar-refractivity contribution in [3.05, 3.63) is 39.2 Å². The van der Waals surface area contributed by atoms with Crippen LogP contribution in [0.2, 0.25) is 0 Å². The van der Waals surface area contributed by atoms with E-state index in [4.69, 9.17) is 4.52 Å². The number of hydrogen-bond acceptors (Lipinski definition) is 5. The Morgan fingerprint density at radius 2 is 2.33 bits per heavy atom. The topological polar surface area (TPSA) is 85.0 Å². The molecule has 0 aliphatic rings. The lowest BCUT2D eigenvalue weighted by Gasteiger charge is -1.94. The van der Waals surface area contributed by atoms with Crippen LogP contribution in [0.15, 0.2) is 28.8 Å². The molecule has 0 atom stereocenters. The van der Waals surface area contributed by atoms with E-state index in [0.29, 0.717) is 11.4 Å². The van der Waals surface area contributed by atoms with Crippen molar-refractivity contribution >= 4 is 17.9 Å². The molecule has 0 bridgehead atoms. The summed E-state index contributed by atoms with van der Waals surface area (Å²) in [6.07, 6.45) is 0. The summed E-state index contributed by atoms with van der Waals surface area (Å²) in [6, 6.07) is 6.04. The van der Waals surface area contributed by atoms with Gasteiger partial charge in [-0.2, -0.15) is 4.98 Å². The first-order valence-corrected chi connectivity index (χ1v) is 4.38. The molecule has 7 heteroatoms. The second kappa shape index (κ2) is 3.62. The largest absolute Gasteiger partial charge is 0.348 e. The molecule has 0 aliphatic heterocycles. The highest BCUT2D eigenvalue weighted by molar-refractivity contribution is 7.71. The van der Waals surface area contributed by atoms with E-state index in [0.717, 1.165) is 0 Å². The number of benzene rings is 1. The molecule has 6 nitrogen and oxygen atoms in total. The second-order valence-electron chi connectivity index (χ2n) is 2.74. The van der Waals surface area contributed by atoms with Gasteiger partial charge in [-0.25, -0.2) is 5.16 Å².